The lowest BCUT2D eigenvalue weighted by molar-refractivity contribution is 0.560. The van der Waals surface area contributed by atoms with Gasteiger partial charge in [-0.2, -0.15) is 4.98 Å². The summed E-state index contributed by atoms with van der Waals surface area (Å²) >= 11 is 0. The van der Waals surface area contributed by atoms with Crippen LogP contribution in [-0.2, 0) is 6.54 Å². The summed E-state index contributed by atoms with van der Waals surface area (Å²) < 4.78 is 7.33. The van der Waals surface area contributed by atoms with E-state index in [1.807, 2.05) is 18.3 Å². The van der Waals surface area contributed by atoms with Crippen LogP contribution in [0.25, 0.3) is 11.1 Å². The molecular formula is C12H14N6O. The Labute approximate surface area is 109 Å². The number of oxazole rings is 1. The summed E-state index contributed by atoms with van der Waals surface area (Å²) in [5.41, 5.74) is 7.83. The molecule has 7 nitrogen and oxygen atoms in total. The predicted octanol–water partition coefficient (Wildman–Crippen LogP) is 1.50. The molecule has 2 heterocycles. The smallest absolute Gasteiger partial charge is 0.295 e. The molecule has 98 valence electrons. The quantitative estimate of drug-likeness (QED) is 0.532. The van der Waals surface area contributed by atoms with Crippen molar-refractivity contribution in [2.75, 3.05) is 17.6 Å². The molecule has 19 heavy (non-hydrogen) atoms. The van der Waals surface area contributed by atoms with Crippen molar-refractivity contribution in [3.8, 4) is 0 Å². The number of hydrogen-bond donors (Lipinski definition) is 2. The normalized spacial score (nSPS) is 10.9. The number of nitrogens with zero attached hydrogens (tertiary/aromatic N) is 4. The zero-order valence-corrected chi connectivity index (χ0v) is 10.3. The first-order valence-corrected chi connectivity index (χ1v) is 6.06. The third kappa shape index (κ3) is 2.49. The Kier molecular flexibility index (Phi) is 3.01. The van der Waals surface area contributed by atoms with Gasteiger partial charge in [0.15, 0.2) is 5.58 Å². The summed E-state index contributed by atoms with van der Waals surface area (Å²) in [6, 6.07) is 5.99. The van der Waals surface area contributed by atoms with Crippen LogP contribution in [-0.4, -0.2) is 26.5 Å². The number of aromatic nitrogens is 4. The van der Waals surface area contributed by atoms with Crippen LogP contribution in [0.15, 0.2) is 35.0 Å². The van der Waals surface area contributed by atoms with Gasteiger partial charge < -0.3 is 15.5 Å². The Morgan fingerprint density at radius 2 is 2.32 bits per heavy atom. The third-order valence-electron chi connectivity index (χ3n) is 2.76. The highest BCUT2D eigenvalue weighted by atomic mass is 16.4. The average molecular weight is 258 g/mol. The van der Waals surface area contributed by atoms with Crippen LogP contribution >= 0.6 is 0 Å². The van der Waals surface area contributed by atoms with Crippen molar-refractivity contribution < 1.29 is 4.42 Å². The largest absolute Gasteiger partial charge is 0.423 e. The van der Waals surface area contributed by atoms with Crippen LogP contribution in [0.3, 0.4) is 0 Å². The van der Waals surface area contributed by atoms with E-state index in [0.29, 0.717) is 22.8 Å². The fraction of sp³-hybridized carbons (Fsp3) is 0.250. The molecule has 7 heteroatoms. The molecule has 0 saturated heterocycles. The number of hydrogen-bond acceptors (Lipinski definition) is 6. The van der Waals surface area contributed by atoms with Gasteiger partial charge in [0, 0.05) is 19.3 Å². The van der Waals surface area contributed by atoms with Crippen molar-refractivity contribution in [2.24, 2.45) is 0 Å². The van der Waals surface area contributed by atoms with Gasteiger partial charge in [-0.3, -0.25) is 4.68 Å². The van der Waals surface area contributed by atoms with E-state index in [4.69, 9.17) is 10.2 Å². The van der Waals surface area contributed by atoms with Crippen LogP contribution in [0, 0.1) is 0 Å². The fourth-order valence-corrected chi connectivity index (χ4v) is 1.83. The maximum absolute atomic E-state index is 5.82. The molecular weight excluding hydrogens is 244 g/mol. The Hall–Kier alpha value is -2.57. The minimum absolute atomic E-state index is 0.492. The molecule has 3 rings (SSSR count). The first-order valence-electron chi connectivity index (χ1n) is 6.06. The highest BCUT2D eigenvalue weighted by molar-refractivity contribution is 5.86. The van der Waals surface area contributed by atoms with Crippen LogP contribution < -0.4 is 11.1 Å². The summed E-state index contributed by atoms with van der Waals surface area (Å²) in [6.45, 7) is 1.54. The van der Waals surface area contributed by atoms with Crippen molar-refractivity contribution in [1.29, 1.82) is 0 Å². The molecule has 3 aromatic rings. The molecule has 0 fully saturated rings. The maximum Gasteiger partial charge on any atom is 0.295 e. The number of aryl methyl sites for hydroxylation is 1. The van der Waals surface area contributed by atoms with Crippen LogP contribution in [0.5, 0.6) is 0 Å². The molecule has 0 aliphatic carbocycles. The molecule has 2 aromatic heterocycles. The lowest BCUT2D eigenvalue weighted by Gasteiger charge is -2.01. The molecule has 0 spiro atoms. The first-order chi connectivity index (χ1) is 9.33. The Morgan fingerprint density at radius 3 is 3.11 bits per heavy atom. The SMILES string of the molecule is Nc1cccc2oc(NCCCn3ccnn3)nc12. The first kappa shape index (κ1) is 11.5. The topological polar surface area (TPSA) is 94.8 Å². The third-order valence-corrected chi connectivity index (χ3v) is 2.76. The predicted molar refractivity (Wildman–Crippen MR) is 71.6 cm³/mol. The monoisotopic (exact) mass is 258 g/mol. The van der Waals surface area contributed by atoms with Crippen molar-refractivity contribution in [3.63, 3.8) is 0 Å². The van der Waals surface area contributed by atoms with Gasteiger partial charge in [0.05, 0.1) is 11.9 Å². The molecule has 0 aliphatic rings. The van der Waals surface area contributed by atoms with Crippen molar-refractivity contribution in [3.05, 3.63) is 30.6 Å². The second-order valence-corrected chi connectivity index (χ2v) is 4.16. The molecule has 0 unspecified atom stereocenters. The van der Waals surface area contributed by atoms with Gasteiger partial charge in [-0.15, -0.1) is 5.10 Å². The number of nitrogens with one attached hydrogen (secondary N) is 1. The highest BCUT2D eigenvalue weighted by Gasteiger charge is 2.06. The zero-order valence-electron chi connectivity index (χ0n) is 10.3. The number of rotatable bonds is 5. The summed E-state index contributed by atoms with van der Waals surface area (Å²) in [7, 11) is 0. The van der Waals surface area contributed by atoms with E-state index < -0.39 is 0 Å². The number of benzene rings is 1. The van der Waals surface area contributed by atoms with Gasteiger partial charge >= 0.3 is 0 Å². The molecule has 3 N–H and O–H groups in total. The minimum Gasteiger partial charge on any atom is -0.423 e. The van der Waals surface area contributed by atoms with Crippen molar-refractivity contribution in [2.45, 2.75) is 13.0 Å². The van der Waals surface area contributed by atoms with Gasteiger partial charge in [-0.05, 0) is 18.6 Å². The molecule has 0 saturated carbocycles. The number of para-hydroxylation sites is 1. The zero-order chi connectivity index (χ0) is 13.1. The van der Waals surface area contributed by atoms with Gasteiger partial charge in [0.2, 0.25) is 0 Å². The van der Waals surface area contributed by atoms with E-state index in [-0.39, 0.29) is 0 Å². The number of anilines is 2. The van der Waals surface area contributed by atoms with Crippen LogP contribution in [0.1, 0.15) is 6.42 Å². The molecule has 0 bridgehead atoms. The highest BCUT2D eigenvalue weighted by Crippen LogP contribution is 2.23. The summed E-state index contributed by atoms with van der Waals surface area (Å²) in [6.07, 6.45) is 4.40. The van der Waals surface area contributed by atoms with Crippen molar-refractivity contribution >= 4 is 22.8 Å². The molecule has 1 aromatic carbocycles. The number of nitrogens with two attached hydrogens (primary N) is 1. The lowest BCUT2D eigenvalue weighted by Crippen LogP contribution is -2.07. The van der Waals surface area contributed by atoms with E-state index in [0.717, 1.165) is 19.5 Å². The van der Waals surface area contributed by atoms with Gasteiger partial charge in [-0.25, -0.2) is 0 Å². The fourth-order valence-electron chi connectivity index (χ4n) is 1.83. The van der Waals surface area contributed by atoms with Gasteiger partial charge in [0.25, 0.3) is 6.01 Å². The standard InChI is InChI=1S/C12H14N6O/c13-9-3-1-4-10-11(9)16-12(19-10)14-5-2-7-18-8-6-15-17-18/h1,3-4,6,8H,2,5,7,13H2,(H,14,16). The second-order valence-electron chi connectivity index (χ2n) is 4.16. The van der Waals surface area contributed by atoms with Gasteiger partial charge in [0.1, 0.15) is 5.52 Å². The van der Waals surface area contributed by atoms with E-state index in [9.17, 15) is 0 Å². The van der Waals surface area contributed by atoms with E-state index in [1.54, 1.807) is 16.9 Å². The number of fused-ring (bicyclic) bond motifs is 1. The summed E-state index contributed by atoms with van der Waals surface area (Å²) in [5, 5.41) is 10.8. The minimum atomic E-state index is 0.492. The number of nitrogen functional groups attached to an aromatic ring is 1. The van der Waals surface area contributed by atoms with E-state index in [1.165, 1.54) is 0 Å². The lowest BCUT2D eigenvalue weighted by atomic mass is 10.3. The molecule has 0 aliphatic heterocycles. The van der Waals surface area contributed by atoms with E-state index >= 15 is 0 Å². The Bertz CT molecular complexity index is 660. The molecule has 0 radical (unpaired) electrons. The van der Waals surface area contributed by atoms with E-state index in [2.05, 4.69) is 20.6 Å². The van der Waals surface area contributed by atoms with Crippen LogP contribution in [0.4, 0.5) is 11.7 Å². The summed E-state index contributed by atoms with van der Waals surface area (Å²) in [5.74, 6) is 0. The summed E-state index contributed by atoms with van der Waals surface area (Å²) in [4.78, 5) is 4.31. The molecule has 0 amide bonds. The Morgan fingerprint density at radius 1 is 1.37 bits per heavy atom. The van der Waals surface area contributed by atoms with Crippen molar-refractivity contribution in [1.82, 2.24) is 20.0 Å². The van der Waals surface area contributed by atoms with Crippen LogP contribution in [0.2, 0.25) is 0 Å². The Balaban J connectivity index is 1.58. The second kappa shape index (κ2) is 4.97. The molecule has 0 atom stereocenters. The maximum atomic E-state index is 5.82. The van der Waals surface area contributed by atoms with Gasteiger partial charge in [-0.1, -0.05) is 11.3 Å². The average Bonchev–Trinajstić information content (AvgIpc) is 3.04.